The minimum atomic E-state index is -1.95. The Morgan fingerprint density at radius 2 is 1.75 bits per heavy atom. The van der Waals surface area contributed by atoms with Crippen LogP contribution in [-0.4, -0.2) is 24.8 Å². The average Bonchev–Trinajstić information content (AvgIpc) is 3.87. The molecular formula is C30H27Cl2N3O4S. The van der Waals surface area contributed by atoms with Crippen LogP contribution in [0.1, 0.15) is 71.9 Å². The fourth-order valence-electron chi connectivity index (χ4n) is 5.08. The van der Waals surface area contributed by atoms with Gasteiger partial charge in [-0.05, 0) is 79.5 Å². The average molecular weight is 597 g/mol. The van der Waals surface area contributed by atoms with Gasteiger partial charge in [0.2, 0.25) is 5.91 Å². The first-order valence-electron chi connectivity index (χ1n) is 13.2. The van der Waals surface area contributed by atoms with Gasteiger partial charge in [0.25, 0.3) is 5.89 Å². The van der Waals surface area contributed by atoms with E-state index in [0.717, 1.165) is 35.1 Å². The first kappa shape index (κ1) is 27.1. The van der Waals surface area contributed by atoms with E-state index in [0.29, 0.717) is 33.4 Å². The summed E-state index contributed by atoms with van der Waals surface area (Å²) in [7, 11) is 0. The SMILES string of the molecule is CC(c1ccc(CC(=O)Nc2cc(Cl)c(C3(c4noc(-c5ccc(C6CC6)cc5)n4)CC3)c(Cl)c2)cc1)S(=O)O. The molecule has 1 aromatic heterocycles. The Kier molecular flexibility index (Phi) is 7.29. The topological polar surface area (TPSA) is 105 Å². The summed E-state index contributed by atoms with van der Waals surface area (Å²) < 4.78 is 26.2. The number of carbonyl (C=O) groups is 1. The largest absolute Gasteiger partial charge is 0.334 e. The molecule has 2 unspecified atom stereocenters. The van der Waals surface area contributed by atoms with Crippen LogP contribution >= 0.6 is 23.2 Å². The van der Waals surface area contributed by atoms with E-state index < -0.39 is 21.7 Å². The number of nitrogens with zero attached hydrogens (tertiary/aromatic N) is 2. The number of carbonyl (C=O) groups excluding carboxylic acids is 1. The van der Waals surface area contributed by atoms with Gasteiger partial charge in [-0.15, -0.1) is 0 Å². The van der Waals surface area contributed by atoms with Crippen molar-refractivity contribution in [2.45, 2.75) is 55.6 Å². The lowest BCUT2D eigenvalue weighted by Crippen LogP contribution is -2.16. The highest BCUT2D eigenvalue weighted by Gasteiger charge is 2.52. The van der Waals surface area contributed by atoms with Crippen LogP contribution in [0.3, 0.4) is 0 Å². The number of benzene rings is 3. The summed E-state index contributed by atoms with van der Waals surface area (Å²) >= 11 is 11.5. The summed E-state index contributed by atoms with van der Waals surface area (Å²) in [6, 6.07) is 18.7. The molecule has 0 saturated heterocycles. The first-order chi connectivity index (χ1) is 19.2. The van der Waals surface area contributed by atoms with Gasteiger partial charge in [0, 0.05) is 26.9 Å². The minimum absolute atomic E-state index is 0.130. The molecule has 2 saturated carbocycles. The molecule has 10 heteroatoms. The second-order valence-corrected chi connectivity index (χ2v) is 12.7. The lowest BCUT2D eigenvalue weighted by atomic mass is 9.94. The van der Waals surface area contributed by atoms with E-state index in [1.807, 2.05) is 12.1 Å². The highest BCUT2D eigenvalue weighted by Crippen LogP contribution is 2.57. The van der Waals surface area contributed by atoms with Crippen molar-refractivity contribution in [1.82, 2.24) is 10.1 Å². The van der Waals surface area contributed by atoms with E-state index in [1.54, 1.807) is 43.3 Å². The minimum Gasteiger partial charge on any atom is -0.334 e. The standard InChI is InChI=1S/C30H27Cl2N3O4S/c1-17(40(37)38)19-4-2-18(3-5-19)14-26(36)33-23-15-24(31)27(25(32)16-23)30(12-13-30)29-34-28(39-35-29)22-10-8-21(9-11-22)20-6-7-20/h2-5,8-11,15-17,20H,6-7,12-14H2,1H3,(H,33,36)(H,37,38). The number of aromatic nitrogens is 2. The van der Waals surface area contributed by atoms with Crippen LogP contribution in [0.2, 0.25) is 10.0 Å². The normalized spacial score (nSPS) is 17.3. The molecule has 2 aliphatic rings. The smallest absolute Gasteiger partial charge is 0.257 e. The molecule has 40 heavy (non-hydrogen) atoms. The maximum absolute atomic E-state index is 12.7. The molecule has 2 atom stereocenters. The summed E-state index contributed by atoms with van der Waals surface area (Å²) in [4.78, 5) is 17.4. The quantitative estimate of drug-likeness (QED) is 0.194. The maximum Gasteiger partial charge on any atom is 0.257 e. The van der Waals surface area contributed by atoms with Gasteiger partial charge in [0.05, 0.1) is 17.1 Å². The summed E-state index contributed by atoms with van der Waals surface area (Å²) in [6.45, 7) is 1.67. The predicted molar refractivity (Wildman–Crippen MR) is 156 cm³/mol. The monoisotopic (exact) mass is 595 g/mol. The van der Waals surface area contributed by atoms with E-state index in [1.165, 1.54) is 18.4 Å². The van der Waals surface area contributed by atoms with E-state index in [4.69, 9.17) is 32.7 Å². The summed E-state index contributed by atoms with van der Waals surface area (Å²) in [5.74, 6) is 1.47. The number of rotatable bonds is 9. The molecule has 2 N–H and O–H groups in total. The van der Waals surface area contributed by atoms with Gasteiger partial charge < -0.3 is 14.4 Å². The van der Waals surface area contributed by atoms with Crippen LogP contribution in [0.25, 0.3) is 11.5 Å². The highest BCUT2D eigenvalue weighted by molar-refractivity contribution is 7.79. The van der Waals surface area contributed by atoms with E-state index in [2.05, 4.69) is 22.6 Å². The van der Waals surface area contributed by atoms with Gasteiger partial charge in [-0.25, -0.2) is 4.21 Å². The third-order valence-electron chi connectivity index (χ3n) is 7.73. The van der Waals surface area contributed by atoms with Crippen molar-refractivity contribution in [3.8, 4) is 11.5 Å². The van der Waals surface area contributed by atoms with Crippen molar-refractivity contribution < 1.29 is 18.1 Å². The number of nitrogens with one attached hydrogen (secondary N) is 1. The highest BCUT2D eigenvalue weighted by atomic mass is 35.5. The molecule has 206 valence electrons. The van der Waals surface area contributed by atoms with Gasteiger partial charge >= 0.3 is 0 Å². The van der Waals surface area contributed by atoms with Crippen molar-refractivity contribution in [3.63, 3.8) is 0 Å². The van der Waals surface area contributed by atoms with Gasteiger partial charge in [-0.2, -0.15) is 4.98 Å². The maximum atomic E-state index is 12.7. The zero-order valence-corrected chi connectivity index (χ0v) is 24.0. The van der Waals surface area contributed by atoms with Gasteiger partial charge in [-0.1, -0.05) is 64.8 Å². The predicted octanol–water partition coefficient (Wildman–Crippen LogP) is 7.46. The number of hydrogen-bond donors (Lipinski definition) is 2. The molecule has 0 aliphatic heterocycles. The van der Waals surface area contributed by atoms with Crippen molar-refractivity contribution in [1.29, 1.82) is 0 Å². The molecule has 3 aromatic carbocycles. The van der Waals surface area contributed by atoms with Gasteiger partial charge in [-0.3, -0.25) is 4.79 Å². The van der Waals surface area contributed by atoms with Crippen LogP contribution in [-0.2, 0) is 27.7 Å². The molecular weight excluding hydrogens is 569 g/mol. The summed E-state index contributed by atoms with van der Waals surface area (Å²) in [5.41, 5.74) is 4.43. The fourth-order valence-corrected chi connectivity index (χ4v) is 6.31. The van der Waals surface area contributed by atoms with Crippen molar-refractivity contribution in [3.05, 3.63) is 98.8 Å². The van der Waals surface area contributed by atoms with Crippen molar-refractivity contribution >= 4 is 45.9 Å². The van der Waals surface area contributed by atoms with E-state index in [9.17, 15) is 13.6 Å². The molecule has 6 rings (SSSR count). The third kappa shape index (κ3) is 5.46. The van der Waals surface area contributed by atoms with E-state index >= 15 is 0 Å². The molecule has 1 amide bonds. The Labute approximate surface area is 244 Å². The Morgan fingerprint density at radius 1 is 1.10 bits per heavy atom. The molecule has 4 aromatic rings. The number of hydrogen-bond acceptors (Lipinski definition) is 5. The molecule has 0 spiro atoms. The molecule has 7 nitrogen and oxygen atoms in total. The lowest BCUT2D eigenvalue weighted by Gasteiger charge is -2.17. The second kappa shape index (κ2) is 10.7. The zero-order valence-electron chi connectivity index (χ0n) is 21.7. The Bertz CT molecular complexity index is 1570. The van der Waals surface area contributed by atoms with Crippen molar-refractivity contribution in [2.75, 3.05) is 5.32 Å². The Hall–Kier alpha value is -3.04. The summed E-state index contributed by atoms with van der Waals surface area (Å²) in [5, 5.41) is 7.51. The van der Waals surface area contributed by atoms with Gasteiger partial charge in [0.1, 0.15) is 0 Å². The van der Waals surface area contributed by atoms with Crippen LogP contribution < -0.4 is 5.32 Å². The number of amides is 1. The molecule has 2 aliphatic carbocycles. The zero-order chi connectivity index (χ0) is 28.0. The van der Waals surface area contributed by atoms with Crippen LogP contribution in [0.5, 0.6) is 0 Å². The third-order valence-corrected chi connectivity index (χ3v) is 9.20. The Morgan fingerprint density at radius 3 is 2.33 bits per heavy atom. The second-order valence-electron chi connectivity index (χ2n) is 10.6. The van der Waals surface area contributed by atoms with Crippen molar-refractivity contribution in [2.24, 2.45) is 0 Å². The molecule has 0 bridgehead atoms. The lowest BCUT2D eigenvalue weighted by molar-refractivity contribution is -0.115. The van der Waals surface area contributed by atoms with Crippen LogP contribution in [0.15, 0.2) is 65.2 Å². The molecule has 2 fully saturated rings. The number of halogens is 2. The summed E-state index contributed by atoms with van der Waals surface area (Å²) in [6.07, 6.45) is 4.21. The van der Waals surface area contributed by atoms with Gasteiger partial charge in [0.15, 0.2) is 16.9 Å². The fraction of sp³-hybridized carbons (Fsp3) is 0.300. The Balaban J connectivity index is 1.16. The van der Waals surface area contributed by atoms with Crippen LogP contribution in [0.4, 0.5) is 5.69 Å². The molecule has 0 radical (unpaired) electrons. The van der Waals surface area contributed by atoms with Crippen LogP contribution in [0, 0.1) is 0 Å². The molecule has 1 heterocycles. The van der Waals surface area contributed by atoms with E-state index in [-0.39, 0.29) is 12.3 Å². The first-order valence-corrected chi connectivity index (χ1v) is 15.1. The number of anilines is 1.